The molecule has 2 N–H and O–H groups in total. The highest BCUT2D eigenvalue weighted by Gasteiger charge is 2.52. The third-order valence-corrected chi connectivity index (χ3v) is 6.42. The molecule has 1 aromatic rings. The molecular formula is C20H24N4O3S. The van der Waals surface area contributed by atoms with Gasteiger partial charge in [-0.25, -0.2) is 4.79 Å². The standard InChI is InChI=1S/C20H24N4O3S/c1-20(14-7-3-2-4-8-14)18(26)24(19(27)23-20)13-17(25)22-15-9-5-6-10-16(15)28-12-11-21/h5-6,9-10,14H,2-4,7-8,12-13H2,1H3,(H,22,25)(H,23,27)/t20-/m1/s1. The van der Waals surface area contributed by atoms with E-state index < -0.39 is 17.5 Å². The average Bonchev–Trinajstić information content (AvgIpc) is 2.92. The van der Waals surface area contributed by atoms with Crippen molar-refractivity contribution >= 4 is 35.3 Å². The maximum absolute atomic E-state index is 13.0. The number of carbonyl (C=O) groups is 3. The fourth-order valence-corrected chi connectivity index (χ4v) is 4.62. The van der Waals surface area contributed by atoms with Gasteiger partial charge in [-0.1, -0.05) is 31.4 Å². The Morgan fingerprint density at radius 3 is 2.75 bits per heavy atom. The molecule has 2 fully saturated rings. The molecule has 1 heterocycles. The Hall–Kier alpha value is -2.53. The highest BCUT2D eigenvalue weighted by molar-refractivity contribution is 7.99. The Morgan fingerprint density at radius 2 is 2.04 bits per heavy atom. The van der Waals surface area contributed by atoms with Gasteiger partial charge in [0.25, 0.3) is 5.91 Å². The molecule has 1 aliphatic heterocycles. The second-order valence-corrected chi connectivity index (χ2v) is 8.37. The van der Waals surface area contributed by atoms with E-state index in [9.17, 15) is 14.4 Å². The summed E-state index contributed by atoms with van der Waals surface area (Å²) in [5.41, 5.74) is -0.368. The van der Waals surface area contributed by atoms with Crippen LogP contribution in [0.1, 0.15) is 39.0 Å². The van der Waals surface area contributed by atoms with Crippen LogP contribution >= 0.6 is 11.8 Å². The summed E-state index contributed by atoms with van der Waals surface area (Å²) in [7, 11) is 0. The van der Waals surface area contributed by atoms with Gasteiger partial charge in [-0.05, 0) is 37.8 Å². The van der Waals surface area contributed by atoms with Gasteiger partial charge in [-0.2, -0.15) is 5.26 Å². The highest BCUT2D eigenvalue weighted by Crippen LogP contribution is 2.36. The zero-order valence-corrected chi connectivity index (χ0v) is 16.7. The number of imide groups is 1. The van der Waals surface area contributed by atoms with Crippen molar-refractivity contribution in [3.8, 4) is 6.07 Å². The smallest absolute Gasteiger partial charge is 0.324 e. The largest absolute Gasteiger partial charge is 0.325 e. The first-order valence-electron chi connectivity index (χ1n) is 9.48. The quantitative estimate of drug-likeness (QED) is 0.564. The van der Waals surface area contributed by atoms with Crippen LogP contribution in [0.25, 0.3) is 0 Å². The summed E-state index contributed by atoms with van der Waals surface area (Å²) in [5.74, 6) is -0.401. The Morgan fingerprint density at radius 1 is 1.32 bits per heavy atom. The summed E-state index contributed by atoms with van der Waals surface area (Å²) >= 11 is 1.32. The number of nitrogens with one attached hydrogen (secondary N) is 2. The molecule has 1 saturated carbocycles. The summed E-state index contributed by atoms with van der Waals surface area (Å²) in [6.45, 7) is 1.44. The molecule has 0 bridgehead atoms. The molecule has 8 heteroatoms. The number of para-hydroxylation sites is 1. The van der Waals surface area contributed by atoms with Gasteiger partial charge in [0.1, 0.15) is 12.1 Å². The van der Waals surface area contributed by atoms with Crippen molar-refractivity contribution in [1.29, 1.82) is 5.26 Å². The molecule has 2 aliphatic rings. The number of amides is 4. The first-order valence-corrected chi connectivity index (χ1v) is 10.5. The van der Waals surface area contributed by atoms with Gasteiger partial charge in [0.15, 0.2) is 0 Å². The van der Waals surface area contributed by atoms with Gasteiger partial charge in [-0.3, -0.25) is 14.5 Å². The predicted molar refractivity (Wildman–Crippen MR) is 107 cm³/mol. The molecule has 3 rings (SSSR count). The van der Waals surface area contributed by atoms with Crippen molar-refractivity contribution in [2.24, 2.45) is 5.92 Å². The van der Waals surface area contributed by atoms with Crippen LogP contribution in [0, 0.1) is 17.2 Å². The van der Waals surface area contributed by atoms with Crippen LogP contribution in [-0.4, -0.2) is 40.6 Å². The van der Waals surface area contributed by atoms with Gasteiger partial charge in [0.05, 0.1) is 17.5 Å². The average molecular weight is 401 g/mol. The Kier molecular flexibility index (Phi) is 6.25. The van der Waals surface area contributed by atoms with Crippen molar-refractivity contribution in [2.45, 2.75) is 49.5 Å². The molecule has 4 amide bonds. The number of rotatable bonds is 6. The van der Waals surface area contributed by atoms with E-state index in [4.69, 9.17) is 5.26 Å². The molecular weight excluding hydrogens is 376 g/mol. The number of hydrogen-bond donors (Lipinski definition) is 2. The third kappa shape index (κ3) is 4.14. The highest BCUT2D eigenvalue weighted by atomic mass is 32.2. The first kappa shape index (κ1) is 20.2. The molecule has 28 heavy (non-hydrogen) atoms. The van der Waals surface area contributed by atoms with E-state index in [-0.39, 0.29) is 24.1 Å². The Labute approximate surface area is 168 Å². The number of nitriles is 1. The van der Waals surface area contributed by atoms with Gasteiger partial charge < -0.3 is 10.6 Å². The molecule has 148 valence electrons. The minimum Gasteiger partial charge on any atom is -0.324 e. The maximum atomic E-state index is 13.0. The van der Waals surface area contributed by atoms with Crippen LogP contribution in [0.4, 0.5) is 10.5 Å². The lowest BCUT2D eigenvalue weighted by Gasteiger charge is -2.34. The molecule has 1 aliphatic carbocycles. The second kappa shape index (κ2) is 8.65. The summed E-state index contributed by atoms with van der Waals surface area (Å²) in [6.07, 6.45) is 5.09. The number of carbonyl (C=O) groups excluding carboxylic acids is 3. The lowest BCUT2D eigenvalue weighted by Crippen LogP contribution is -2.51. The van der Waals surface area contributed by atoms with Crippen molar-refractivity contribution in [1.82, 2.24) is 10.2 Å². The molecule has 0 aromatic heterocycles. The van der Waals surface area contributed by atoms with E-state index in [1.807, 2.05) is 12.1 Å². The topological polar surface area (TPSA) is 102 Å². The summed E-state index contributed by atoms with van der Waals surface area (Å²) in [5, 5.41) is 14.3. The van der Waals surface area contributed by atoms with E-state index in [0.717, 1.165) is 41.9 Å². The molecule has 0 unspecified atom stereocenters. The van der Waals surface area contributed by atoms with Crippen molar-refractivity contribution in [3.05, 3.63) is 24.3 Å². The van der Waals surface area contributed by atoms with Crippen molar-refractivity contribution in [2.75, 3.05) is 17.6 Å². The lowest BCUT2D eigenvalue weighted by molar-refractivity contribution is -0.135. The maximum Gasteiger partial charge on any atom is 0.325 e. The first-order chi connectivity index (χ1) is 13.5. The summed E-state index contributed by atoms with van der Waals surface area (Å²) in [6, 6.07) is 8.68. The Bertz CT molecular complexity index is 816. The second-order valence-electron chi connectivity index (χ2n) is 7.35. The predicted octanol–water partition coefficient (Wildman–Crippen LogP) is 3.13. The van der Waals surface area contributed by atoms with Crippen LogP contribution in [0.2, 0.25) is 0 Å². The normalized spacial score (nSPS) is 22.6. The summed E-state index contributed by atoms with van der Waals surface area (Å²) < 4.78 is 0. The van der Waals surface area contributed by atoms with Crippen LogP contribution in [0.5, 0.6) is 0 Å². The fourth-order valence-electron chi connectivity index (χ4n) is 3.96. The van der Waals surface area contributed by atoms with E-state index in [2.05, 4.69) is 16.7 Å². The van der Waals surface area contributed by atoms with Gasteiger partial charge >= 0.3 is 6.03 Å². The van der Waals surface area contributed by atoms with Crippen molar-refractivity contribution < 1.29 is 14.4 Å². The SMILES string of the molecule is C[C@]1(C2CCCCC2)NC(=O)N(CC(=O)Nc2ccccc2SCC#N)C1=O. The zero-order valence-electron chi connectivity index (χ0n) is 15.9. The minimum absolute atomic E-state index is 0.105. The number of benzene rings is 1. The molecule has 1 atom stereocenters. The van der Waals surface area contributed by atoms with Crippen LogP contribution in [-0.2, 0) is 9.59 Å². The van der Waals surface area contributed by atoms with E-state index >= 15 is 0 Å². The van der Waals surface area contributed by atoms with E-state index in [1.54, 1.807) is 19.1 Å². The number of anilines is 1. The molecule has 1 saturated heterocycles. The molecule has 0 spiro atoms. The zero-order chi connectivity index (χ0) is 20.1. The van der Waals surface area contributed by atoms with E-state index in [0.29, 0.717) is 5.69 Å². The Balaban J connectivity index is 1.67. The van der Waals surface area contributed by atoms with Crippen LogP contribution < -0.4 is 10.6 Å². The van der Waals surface area contributed by atoms with Crippen LogP contribution in [0.15, 0.2) is 29.2 Å². The van der Waals surface area contributed by atoms with Gasteiger partial charge in [0.2, 0.25) is 5.91 Å². The van der Waals surface area contributed by atoms with Gasteiger partial charge in [-0.15, -0.1) is 11.8 Å². The summed E-state index contributed by atoms with van der Waals surface area (Å²) in [4.78, 5) is 39.7. The van der Waals surface area contributed by atoms with E-state index in [1.165, 1.54) is 11.8 Å². The number of nitrogens with zero attached hydrogens (tertiary/aromatic N) is 2. The van der Waals surface area contributed by atoms with Gasteiger partial charge in [0, 0.05) is 4.90 Å². The number of thioether (sulfide) groups is 1. The third-order valence-electron chi connectivity index (χ3n) is 5.48. The lowest BCUT2D eigenvalue weighted by atomic mass is 9.75. The molecule has 0 radical (unpaired) electrons. The fraction of sp³-hybridized carbons (Fsp3) is 0.500. The minimum atomic E-state index is -0.932. The monoisotopic (exact) mass is 400 g/mol. The molecule has 7 nitrogen and oxygen atoms in total. The van der Waals surface area contributed by atoms with Crippen LogP contribution in [0.3, 0.4) is 0 Å². The number of hydrogen-bond acceptors (Lipinski definition) is 5. The van der Waals surface area contributed by atoms with Crippen molar-refractivity contribution in [3.63, 3.8) is 0 Å². The number of urea groups is 1. The molecule has 1 aromatic carbocycles.